The van der Waals surface area contributed by atoms with Gasteiger partial charge in [0.2, 0.25) is 0 Å². The maximum Gasteiger partial charge on any atom is 0.0522 e. The van der Waals surface area contributed by atoms with E-state index in [0.29, 0.717) is 12.1 Å². The zero-order valence-corrected chi connectivity index (χ0v) is 11.2. The summed E-state index contributed by atoms with van der Waals surface area (Å²) in [6, 6.07) is 1.31. The topological polar surface area (TPSA) is 33.1 Å². The number of nitrogens with one attached hydrogen (secondary N) is 1. The molecule has 2 heterocycles. The van der Waals surface area contributed by atoms with E-state index < -0.39 is 0 Å². The number of hydrogen-bond acceptors (Lipinski definition) is 3. The molecular weight excluding hydrogens is 212 g/mol. The monoisotopic (exact) mass is 236 g/mol. The number of rotatable bonds is 4. The van der Waals surface area contributed by atoms with Crippen LogP contribution in [0, 0.1) is 0 Å². The van der Waals surface area contributed by atoms with Crippen molar-refractivity contribution in [2.75, 3.05) is 19.6 Å². The van der Waals surface area contributed by atoms with Crippen LogP contribution in [0.5, 0.6) is 0 Å². The third-order valence-electron chi connectivity index (χ3n) is 3.64. The van der Waals surface area contributed by atoms with Gasteiger partial charge in [-0.05, 0) is 25.3 Å². The van der Waals surface area contributed by atoms with Gasteiger partial charge in [0.1, 0.15) is 0 Å². The number of nitrogens with zero attached hydrogens (tertiary/aromatic N) is 3. The van der Waals surface area contributed by atoms with E-state index in [9.17, 15) is 0 Å². The molecule has 1 aromatic rings. The van der Waals surface area contributed by atoms with Gasteiger partial charge in [0.25, 0.3) is 0 Å². The van der Waals surface area contributed by atoms with Gasteiger partial charge >= 0.3 is 0 Å². The first-order valence-electron chi connectivity index (χ1n) is 6.64. The molecule has 4 nitrogen and oxygen atoms in total. The molecule has 0 bridgehead atoms. The van der Waals surface area contributed by atoms with Crippen molar-refractivity contribution in [3.8, 4) is 0 Å². The van der Waals surface area contributed by atoms with Crippen LogP contribution in [-0.2, 0) is 13.5 Å². The lowest BCUT2D eigenvalue weighted by atomic mass is 10.1. The Labute approximate surface area is 104 Å². The summed E-state index contributed by atoms with van der Waals surface area (Å²) in [4.78, 5) is 2.62. The minimum absolute atomic E-state index is 0.617. The first-order chi connectivity index (χ1) is 8.19. The van der Waals surface area contributed by atoms with Crippen LogP contribution in [0.25, 0.3) is 0 Å². The predicted octanol–water partition coefficient (Wildman–Crippen LogP) is 1.03. The largest absolute Gasteiger partial charge is 0.311 e. The standard InChI is InChI=1S/C13H24N4/c1-4-13-8-14-11(2)9-17(13)6-5-12-7-15-16(3)10-12/h7,10-11,13-14H,4-6,8-9H2,1-3H3. The fourth-order valence-electron chi connectivity index (χ4n) is 2.58. The lowest BCUT2D eigenvalue weighted by Gasteiger charge is -2.39. The molecule has 1 aromatic heterocycles. The highest BCUT2D eigenvalue weighted by Crippen LogP contribution is 2.11. The van der Waals surface area contributed by atoms with Crippen molar-refractivity contribution in [3.05, 3.63) is 18.0 Å². The Morgan fingerprint density at radius 2 is 2.35 bits per heavy atom. The third-order valence-corrected chi connectivity index (χ3v) is 3.64. The first-order valence-corrected chi connectivity index (χ1v) is 6.64. The molecule has 2 unspecified atom stereocenters. The van der Waals surface area contributed by atoms with Crippen LogP contribution in [0.2, 0.25) is 0 Å². The molecule has 0 spiro atoms. The summed E-state index contributed by atoms with van der Waals surface area (Å²) in [5.41, 5.74) is 1.34. The third kappa shape index (κ3) is 3.30. The SMILES string of the molecule is CCC1CNC(C)CN1CCc1cnn(C)c1. The van der Waals surface area contributed by atoms with Crippen molar-refractivity contribution in [2.45, 2.75) is 38.8 Å². The van der Waals surface area contributed by atoms with Gasteiger partial charge in [0, 0.05) is 45.0 Å². The zero-order chi connectivity index (χ0) is 12.3. The van der Waals surface area contributed by atoms with Crippen LogP contribution in [0.4, 0.5) is 0 Å². The Morgan fingerprint density at radius 3 is 3.00 bits per heavy atom. The molecule has 0 amide bonds. The highest BCUT2D eigenvalue weighted by atomic mass is 15.2. The Hall–Kier alpha value is -0.870. The van der Waals surface area contributed by atoms with Gasteiger partial charge < -0.3 is 5.32 Å². The number of aromatic nitrogens is 2. The van der Waals surface area contributed by atoms with Crippen LogP contribution in [-0.4, -0.2) is 46.4 Å². The minimum atomic E-state index is 0.617. The molecule has 1 fully saturated rings. The van der Waals surface area contributed by atoms with Gasteiger partial charge in [-0.1, -0.05) is 6.92 Å². The highest BCUT2D eigenvalue weighted by molar-refractivity contribution is 5.04. The number of aryl methyl sites for hydroxylation is 1. The van der Waals surface area contributed by atoms with Gasteiger partial charge in [-0.3, -0.25) is 9.58 Å². The van der Waals surface area contributed by atoms with Crippen LogP contribution < -0.4 is 5.32 Å². The zero-order valence-electron chi connectivity index (χ0n) is 11.2. The molecule has 17 heavy (non-hydrogen) atoms. The predicted molar refractivity (Wildman–Crippen MR) is 70.0 cm³/mol. The van der Waals surface area contributed by atoms with Gasteiger partial charge in [-0.15, -0.1) is 0 Å². The van der Waals surface area contributed by atoms with Crippen molar-refractivity contribution in [3.63, 3.8) is 0 Å². The second kappa shape index (κ2) is 5.65. The van der Waals surface area contributed by atoms with E-state index in [1.807, 2.05) is 17.9 Å². The van der Waals surface area contributed by atoms with Crippen molar-refractivity contribution in [1.29, 1.82) is 0 Å². The fourth-order valence-corrected chi connectivity index (χ4v) is 2.58. The molecule has 2 atom stereocenters. The summed E-state index contributed by atoms with van der Waals surface area (Å²) in [5, 5.41) is 7.78. The van der Waals surface area contributed by atoms with Crippen molar-refractivity contribution in [1.82, 2.24) is 20.0 Å². The molecule has 0 saturated carbocycles. The average molecular weight is 236 g/mol. The van der Waals surface area contributed by atoms with E-state index in [1.54, 1.807) is 0 Å². The Kier molecular flexibility index (Phi) is 4.18. The molecule has 4 heteroatoms. The smallest absolute Gasteiger partial charge is 0.0522 e. The van der Waals surface area contributed by atoms with E-state index in [2.05, 4.69) is 35.4 Å². The number of piperazine rings is 1. The van der Waals surface area contributed by atoms with E-state index in [0.717, 1.165) is 19.5 Å². The average Bonchev–Trinajstić information content (AvgIpc) is 2.73. The summed E-state index contributed by atoms with van der Waals surface area (Å²) in [6.07, 6.45) is 6.43. The normalized spacial score (nSPS) is 26.3. The number of hydrogen-bond donors (Lipinski definition) is 1. The van der Waals surface area contributed by atoms with E-state index in [4.69, 9.17) is 0 Å². The Morgan fingerprint density at radius 1 is 1.53 bits per heavy atom. The summed E-state index contributed by atoms with van der Waals surface area (Å²) in [5.74, 6) is 0. The lowest BCUT2D eigenvalue weighted by Crippen LogP contribution is -2.55. The molecule has 96 valence electrons. The molecule has 1 aliphatic rings. The fraction of sp³-hybridized carbons (Fsp3) is 0.769. The second-order valence-corrected chi connectivity index (χ2v) is 5.14. The van der Waals surface area contributed by atoms with Crippen LogP contribution in [0.15, 0.2) is 12.4 Å². The van der Waals surface area contributed by atoms with Crippen molar-refractivity contribution in [2.24, 2.45) is 7.05 Å². The molecule has 2 rings (SSSR count). The molecule has 1 aliphatic heterocycles. The summed E-state index contributed by atoms with van der Waals surface area (Å²) < 4.78 is 1.88. The Bertz CT molecular complexity index is 347. The van der Waals surface area contributed by atoms with Crippen LogP contribution >= 0.6 is 0 Å². The molecular formula is C13H24N4. The second-order valence-electron chi connectivity index (χ2n) is 5.14. The maximum absolute atomic E-state index is 4.22. The maximum atomic E-state index is 4.22. The summed E-state index contributed by atoms with van der Waals surface area (Å²) in [7, 11) is 1.98. The molecule has 1 saturated heterocycles. The molecule has 1 N–H and O–H groups in total. The minimum Gasteiger partial charge on any atom is -0.311 e. The van der Waals surface area contributed by atoms with E-state index >= 15 is 0 Å². The summed E-state index contributed by atoms with van der Waals surface area (Å²) in [6.45, 7) is 7.99. The molecule has 0 aliphatic carbocycles. The van der Waals surface area contributed by atoms with Gasteiger partial charge in [0.15, 0.2) is 0 Å². The van der Waals surface area contributed by atoms with Crippen LogP contribution in [0.1, 0.15) is 25.8 Å². The van der Waals surface area contributed by atoms with Crippen molar-refractivity contribution >= 4 is 0 Å². The van der Waals surface area contributed by atoms with Gasteiger partial charge in [-0.25, -0.2) is 0 Å². The Balaban J connectivity index is 1.87. The summed E-state index contributed by atoms with van der Waals surface area (Å²) >= 11 is 0. The van der Waals surface area contributed by atoms with Crippen LogP contribution in [0.3, 0.4) is 0 Å². The highest BCUT2D eigenvalue weighted by Gasteiger charge is 2.23. The quantitative estimate of drug-likeness (QED) is 0.848. The van der Waals surface area contributed by atoms with Gasteiger partial charge in [-0.2, -0.15) is 5.10 Å². The molecule has 0 radical (unpaired) electrons. The van der Waals surface area contributed by atoms with Gasteiger partial charge in [0.05, 0.1) is 6.20 Å². The van der Waals surface area contributed by atoms with E-state index in [-0.39, 0.29) is 0 Å². The molecule has 0 aromatic carbocycles. The van der Waals surface area contributed by atoms with Crippen molar-refractivity contribution < 1.29 is 0 Å². The first kappa shape index (κ1) is 12.6. The lowest BCUT2D eigenvalue weighted by molar-refractivity contribution is 0.133. The van der Waals surface area contributed by atoms with E-state index in [1.165, 1.54) is 18.5 Å².